The van der Waals surface area contributed by atoms with Gasteiger partial charge in [0.15, 0.2) is 5.76 Å². The minimum absolute atomic E-state index is 0.0335. The Labute approximate surface area is 127 Å². The second kappa shape index (κ2) is 6.01. The van der Waals surface area contributed by atoms with Crippen molar-refractivity contribution in [1.82, 2.24) is 4.90 Å². The number of benzene rings is 1. The molecule has 1 saturated heterocycles. The number of nitro groups is 1. The predicted octanol–water partition coefficient (Wildman–Crippen LogP) is 3.48. The number of piperidine rings is 1. The van der Waals surface area contributed by atoms with E-state index in [4.69, 9.17) is 4.42 Å². The highest BCUT2D eigenvalue weighted by atomic mass is 16.6. The Hall–Kier alpha value is -2.63. The smallest absolute Gasteiger partial charge is 0.289 e. The van der Waals surface area contributed by atoms with Crippen LogP contribution in [0.1, 0.15) is 29.8 Å². The van der Waals surface area contributed by atoms with Crippen LogP contribution in [-0.2, 0) is 0 Å². The molecule has 1 aliphatic heterocycles. The lowest BCUT2D eigenvalue weighted by atomic mass is 10.1. The lowest BCUT2D eigenvalue weighted by Crippen LogP contribution is -2.35. The normalized spacial score (nSPS) is 14.8. The maximum Gasteiger partial charge on any atom is 0.289 e. The van der Waals surface area contributed by atoms with E-state index in [0.29, 0.717) is 11.3 Å². The molecule has 6 heteroatoms. The average Bonchev–Trinajstić information content (AvgIpc) is 3.04. The second-order valence-corrected chi connectivity index (χ2v) is 5.29. The van der Waals surface area contributed by atoms with Gasteiger partial charge in [0.2, 0.25) is 0 Å². The van der Waals surface area contributed by atoms with E-state index in [2.05, 4.69) is 0 Å². The monoisotopic (exact) mass is 300 g/mol. The van der Waals surface area contributed by atoms with Gasteiger partial charge in [0.25, 0.3) is 11.6 Å². The zero-order chi connectivity index (χ0) is 15.5. The van der Waals surface area contributed by atoms with E-state index in [1.54, 1.807) is 35.2 Å². The topological polar surface area (TPSA) is 76.6 Å². The van der Waals surface area contributed by atoms with Crippen LogP contribution in [0.15, 0.2) is 40.8 Å². The molecule has 0 bridgehead atoms. The predicted molar refractivity (Wildman–Crippen MR) is 80.6 cm³/mol. The number of rotatable bonds is 3. The minimum Gasteiger partial charge on any atom is -0.451 e. The van der Waals surface area contributed by atoms with E-state index in [1.165, 1.54) is 6.07 Å². The van der Waals surface area contributed by atoms with Crippen molar-refractivity contribution in [1.29, 1.82) is 0 Å². The number of carbonyl (C=O) groups is 1. The van der Waals surface area contributed by atoms with Crippen molar-refractivity contribution in [2.45, 2.75) is 19.3 Å². The molecule has 1 aromatic heterocycles. The number of carbonyl (C=O) groups excluding carboxylic acids is 1. The van der Waals surface area contributed by atoms with Gasteiger partial charge in [0, 0.05) is 19.2 Å². The van der Waals surface area contributed by atoms with Crippen LogP contribution in [0.5, 0.6) is 0 Å². The first-order valence-corrected chi connectivity index (χ1v) is 7.30. The molecule has 6 nitrogen and oxygen atoms in total. The third kappa shape index (κ3) is 2.72. The van der Waals surface area contributed by atoms with Crippen molar-refractivity contribution >= 4 is 11.6 Å². The summed E-state index contributed by atoms with van der Waals surface area (Å²) in [7, 11) is 0. The third-order valence-corrected chi connectivity index (χ3v) is 3.83. The van der Waals surface area contributed by atoms with Crippen molar-refractivity contribution in [3.8, 4) is 11.3 Å². The molecule has 0 spiro atoms. The van der Waals surface area contributed by atoms with Crippen LogP contribution in [0.2, 0.25) is 0 Å². The summed E-state index contributed by atoms with van der Waals surface area (Å²) < 4.78 is 5.58. The molecule has 0 atom stereocenters. The van der Waals surface area contributed by atoms with Gasteiger partial charge in [-0.1, -0.05) is 12.1 Å². The summed E-state index contributed by atoms with van der Waals surface area (Å²) >= 11 is 0. The molecular formula is C16H16N2O4. The SMILES string of the molecule is O=C(c1ccc(-c2ccccc2[N+](=O)[O-])o1)N1CCCCC1. The van der Waals surface area contributed by atoms with E-state index in [1.807, 2.05) is 0 Å². The Morgan fingerprint density at radius 2 is 1.82 bits per heavy atom. The Bertz CT molecular complexity index is 702. The molecule has 1 aliphatic rings. The van der Waals surface area contributed by atoms with Crippen molar-refractivity contribution in [2.24, 2.45) is 0 Å². The molecular weight excluding hydrogens is 284 g/mol. The Kier molecular flexibility index (Phi) is 3.91. The van der Waals surface area contributed by atoms with Gasteiger partial charge in [-0.15, -0.1) is 0 Å². The van der Waals surface area contributed by atoms with E-state index in [9.17, 15) is 14.9 Å². The number of hydrogen-bond donors (Lipinski definition) is 0. The molecule has 0 saturated carbocycles. The zero-order valence-electron chi connectivity index (χ0n) is 12.0. The van der Waals surface area contributed by atoms with Crippen molar-refractivity contribution in [3.05, 3.63) is 52.3 Å². The number of nitrogens with zero attached hydrogens (tertiary/aromatic N) is 2. The van der Waals surface area contributed by atoms with Gasteiger partial charge in [-0.25, -0.2) is 0 Å². The number of para-hydroxylation sites is 1. The fourth-order valence-corrected chi connectivity index (χ4v) is 2.69. The largest absolute Gasteiger partial charge is 0.451 e. The zero-order valence-corrected chi connectivity index (χ0v) is 12.0. The van der Waals surface area contributed by atoms with E-state index >= 15 is 0 Å². The molecule has 1 aromatic carbocycles. The van der Waals surface area contributed by atoms with Crippen LogP contribution in [0.3, 0.4) is 0 Å². The van der Waals surface area contributed by atoms with Crippen LogP contribution < -0.4 is 0 Å². The minimum atomic E-state index is -0.454. The number of amides is 1. The van der Waals surface area contributed by atoms with E-state index in [0.717, 1.165) is 32.4 Å². The van der Waals surface area contributed by atoms with Gasteiger partial charge in [0.05, 0.1) is 10.5 Å². The molecule has 3 rings (SSSR count). The van der Waals surface area contributed by atoms with Crippen LogP contribution in [0.4, 0.5) is 5.69 Å². The summed E-state index contributed by atoms with van der Waals surface area (Å²) in [5.41, 5.74) is 0.346. The molecule has 22 heavy (non-hydrogen) atoms. The second-order valence-electron chi connectivity index (χ2n) is 5.29. The maximum atomic E-state index is 12.4. The molecule has 2 heterocycles. The maximum absolute atomic E-state index is 12.4. The van der Waals surface area contributed by atoms with Crippen LogP contribution in [0.25, 0.3) is 11.3 Å². The van der Waals surface area contributed by atoms with Gasteiger partial charge in [-0.3, -0.25) is 14.9 Å². The van der Waals surface area contributed by atoms with Gasteiger partial charge in [-0.2, -0.15) is 0 Å². The Morgan fingerprint density at radius 1 is 1.09 bits per heavy atom. The standard InChI is InChI=1S/C16H16N2O4/c19-16(17-10-4-1-5-11-17)15-9-8-14(22-15)12-6-2-3-7-13(12)18(20)21/h2-3,6-9H,1,4-5,10-11H2. The lowest BCUT2D eigenvalue weighted by molar-refractivity contribution is -0.384. The molecule has 0 radical (unpaired) electrons. The third-order valence-electron chi connectivity index (χ3n) is 3.83. The fraction of sp³-hybridized carbons (Fsp3) is 0.312. The molecule has 0 unspecified atom stereocenters. The molecule has 2 aromatic rings. The Balaban J connectivity index is 1.88. The van der Waals surface area contributed by atoms with Crippen molar-refractivity contribution in [2.75, 3.05) is 13.1 Å². The lowest BCUT2D eigenvalue weighted by Gasteiger charge is -2.25. The quantitative estimate of drug-likeness (QED) is 0.642. The first-order valence-electron chi connectivity index (χ1n) is 7.30. The van der Waals surface area contributed by atoms with Crippen molar-refractivity contribution in [3.63, 3.8) is 0 Å². The van der Waals surface area contributed by atoms with Crippen LogP contribution in [-0.4, -0.2) is 28.8 Å². The van der Waals surface area contributed by atoms with Crippen LogP contribution in [0, 0.1) is 10.1 Å². The molecule has 1 fully saturated rings. The van der Waals surface area contributed by atoms with Crippen LogP contribution >= 0.6 is 0 Å². The molecule has 0 aliphatic carbocycles. The van der Waals surface area contributed by atoms with Crippen molar-refractivity contribution < 1.29 is 14.1 Å². The van der Waals surface area contributed by atoms with Gasteiger partial charge >= 0.3 is 0 Å². The molecule has 0 N–H and O–H groups in total. The molecule has 114 valence electrons. The van der Waals surface area contributed by atoms with Gasteiger partial charge < -0.3 is 9.32 Å². The first kappa shape index (κ1) is 14.3. The number of nitro benzene ring substituents is 1. The number of furan rings is 1. The summed E-state index contributed by atoms with van der Waals surface area (Å²) in [6.07, 6.45) is 3.15. The van der Waals surface area contributed by atoms with Gasteiger partial charge in [-0.05, 0) is 37.5 Å². The Morgan fingerprint density at radius 3 is 2.55 bits per heavy atom. The first-order chi connectivity index (χ1) is 10.7. The fourth-order valence-electron chi connectivity index (χ4n) is 2.69. The highest BCUT2D eigenvalue weighted by Crippen LogP contribution is 2.31. The summed E-state index contributed by atoms with van der Waals surface area (Å²) in [6, 6.07) is 9.54. The summed E-state index contributed by atoms with van der Waals surface area (Å²) in [5, 5.41) is 11.1. The highest BCUT2D eigenvalue weighted by Gasteiger charge is 2.23. The number of hydrogen-bond acceptors (Lipinski definition) is 4. The number of likely N-dealkylation sites (tertiary alicyclic amines) is 1. The summed E-state index contributed by atoms with van der Waals surface area (Å²) in [4.78, 5) is 24.7. The highest BCUT2D eigenvalue weighted by molar-refractivity contribution is 5.92. The average molecular weight is 300 g/mol. The van der Waals surface area contributed by atoms with E-state index in [-0.39, 0.29) is 17.4 Å². The summed E-state index contributed by atoms with van der Waals surface area (Å²) in [5.74, 6) is 0.423. The summed E-state index contributed by atoms with van der Waals surface area (Å²) in [6.45, 7) is 1.47. The van der Waals surface area contributed by atoms with E-state index < -0.39 is 4.92 Å². The van der Waals surface area contributed by atoms with Gasteiger partial charge in [0.1, 0.15) is 5.76 Å². The molecule has 1 amide bonds.